The first-order chi connectivity index (χ1) is 8.45. The SMILES string of the molecule is CC[C@]1(C)C(=O)C=Cc2c1oc(C)c(CO)c2=O. The van der Waals surface area contributed by atoms with Crippen molar-refractivity contribution in [3.8, 4) is 0 Å². The van der Waals surface area contributed by atoms with Crippen LogP contribution in [-0.4, -0.2) is 10.9 Å². The molecular formula is C14H16O4. The lowest BCUT2D eigenvalue weighted by atomic mass is 9.75. The summed E-state index contributed by atoms with van der Waals surface area (Å²) in [7, 11) is 0. The summed E-state index contributed by atoms with van der Waals surface area (Å²) >= 11 is 0. The zero-order valence-corrected chi connectivity index (χ0v) is 10.7. The highest BCUT2D eigenvalue weighted by molar-refractivity contribution is 6.04. The molecule has 1 aliphatic carbocycles. The van der Waals surface area contributed by atoms with Gasteiger partial charge in [-0.1, -0.05) is 6.92 Å². The summed E-state index contributed by atoms with van der Waals surface area (Å²) < 4.78 is 5.65. The minimum atomic E-state index is -0.790. The molecule has 1 aromatic rings. The third kappa shape index (κ3) is 1.56. The topological polar surface area (TPSA) is 67.5 Å². The second-order valence-electron chi connectivity index (χ2n) is 4.75. The molecule has 0 fully saturated rings. The average molecular weight is 248 g/mol. The molecule has 18 heavy (non-hydrogen) atoms. The summed E-state index contributed by atoms with van der Waals surface area (Å²) in [6, 6.07) is 0. The van der Waals surface area contributed by atoms with Gasteiger partial charge in [-0.25, -0.2) is 0 Å². The molecule has 0 bridgehead atoms. The number of hydrogen-bond acceptors (Lipinski definition) is 4. The van der Waals surface area contributed by atoms with Gasteiger partial charge in [0, 0.05) is 0 Å². The standard InChI is InChI=1S/C14H16O4/c1-4-14(3)11(16)6-5-9-12(17)10(7-15)8(2)18-13(9)14/h5-6,15H,4,7H2,1-3H3/t14-/m1/s1. The van der Waals surface area contributed by atoms with Gasteiger partial charge in [-0.3, -0.25) is 9.59 Å². The van der Waals surface area contributed by atoms with Crippen LogP contribution in [0.15, 0.2) is 15.3 Å². The first-order valence-electron chi connectivity index (χ1n) is 5.96. The van der Waals surface area contributed by atoms with Crippen LogP contribution in [0.3, 0.4) is 0 Å². The van der Waals surface area contributed by atoms with Crippen molar-refractivity contribution in [1.29, 1.82) is 0 Å². The fourth-order valence-corrected chi connectivity index (χ4v) is 2.23. The van der Waals surface area contributed by atoms with E-state index in [9.17, 15) is 14.7 Å². The summed E-state index contributed by atoms with van der Waals surface area (Å²) in [5, 5.41) is 9.19. The van der Waals surface area contributed by atoms with Gasteiger partial charge in [0.15, 0.2) is 11.2 Å². The lowest BCUT2D eigenvalue weighted by molar-refractivity contribution is -0.120. The van der Waals surface area contributed by atoms with E-state index in [1.54, 1.807) is 13.8 Å². The molecule has 4 heteroatoms. The zero-order valence-electron chi connectivity index (χ0n) is 10.7. The van der Waals surface area contributed by atoms with Crippen molar-refractivity contribution in [3.05, 3.63) is 38.9 Å². The largest absolute Gasteiger partial charge is 0.464 e. The second kappa shape index (κ2) is 4.21. The third-order valence-corrected chi connectivity index (χ3v) is 3.76. The van der Waals surface area contributed by atoms with Gasteiger partial charge in [0.25, 0.3) is 0 Å². The van der Waals surface area contributed by atoms with Gasteiger partial charge in [-0.15, -0.1) is 0 Å². The molecule has 2 rings (SSSR count). The number of carbonyl (C=O) groups is 1. The van der Waals surface area contributed by atoms with Crippen LogP contribution in [-0.2, 0) is 16.8 Å². The molecule has 4 nitrogen and oxygen atoms in total. The number of allylic oxidation sites excluding steroid dienone is 1. The Bertz CT molecular complexity index is 595. The summed E-state index contributed by atoms with van der Waals surface area (Å²) in [4.78, 5) is 24.2. The molecule has 0 unspecified atom stereocenters. The highest BCUT2D eigenvalue weighted by Gasteiger charge is 2.40. The van der Waals surface area contributed by atoms with Crippen molar-refractivity contribution >= 4 is 11.9 Å². The van der Waals surface area contributed by atoms with Crippen molar-refractivity contribution in [3.63, 3.8) is 0 Å². The van der Waals surface area contributed by atoms with E-state index in [1.165, 1.54) is 12.2 Å². The first kappa shape index (κ1) is 12.8. The summed E-state index contributed by atoms with van der Waals surface area (Å²) in [6.45, 7) is 4.94. The molecule has 1 aromatic heterocycles. The normalized spacial score (nSPS) is 22.1. The minimum absolute atomic E-state index is 0.0585. The number of ketones is 1. The Morgan fingerprint density at radius 2 is 2.00 bits per heavy atom. The lowest BCUT2D eigenvalue weighted by Crippen LogP contribution is -2.36. The van der Waals surface area contributed by atoms with Gasteiger partial charge < -0.3 is 9.52 Å². The van der Waals surface area contributed by atoms with Crippen LogP contribution in [0.4, 0.5) is 0 Å². The maximum absolute atomic E-state index is 12.2. The Morgan fingerprint density at radius 3 is 2.56 bits per heavy atom. The molecule has 0 saturated heterocycles. The Hall–Kier alpha value is -1.68. The van der Waals surface area contributed by atoms with Crippen LogP contribution < -0.4 is 5.43 Å². The monoisotopic (exact) mass is 248 g/mol. The highest BCUT2D eigenvalue weighted by Crippen LogP contribution is 2.35. The maximum atomic E-state index is 12.2. The molecule has 0 saturated carbocycles. The number of carbonyl (C=O) groups excluding carboxylic acids is 1. The fourth-order valence-electron chi connectivity index (χ4n) is 2.23. The first-order valence-corrected chi connectivity index (χ1v) is 5.96. The zero-order chi connectivity index (χ0) is 13.5. The minimum Gasteiger partial charge on any atom is -0.464 e. The molecule has 0 radical (unpaired) electrons. The van der Waals surface area contributed by atoms with E-state index in [1.807, 2.05) is 6.92 Å². The number of rotatable bonds is 2. The molecule has 1 heterocycles. The van der Waals surface area contributed by atoms with Crippen molar-refractivity contribution in [1.82, 2.24) is 0 Å². The Kier molecular flexibility index (Phi) is 2.99. The molecule has 1 atom stereocenters. The molecular weight excluding hydrogens is 232 g/mol. The van der Waals surface area contributed by atoms with E-state index >= 15 is 0 Å². The van der Waals surface area contributed by atoms with Gasteiger partial charge in [-0.05, 0) is 32.4 Å². The van der Waals surface area contributed by atoms with E-state index in [0.29, 0.717) is 23.5 Å². The van der Waals surface area contributed by atoms with Gasteiger partial charge in [0.1, 0.15) is 11.5 Å². The van der Waals surface area contributed by atoms with Crippen molar-refractivity contribution in [2.24, 2.45) is 0 Å². The van der Waals surface area contributed by atoms with Gasteiger partial charge in [0.05, 0.1) is 23.1 Å². The average Bonchev–Trinajstić information content (AvgIpc) is 2.35. The molecule has 0 aromatic carbocycles. The van der Waals surface area contributed by atoms with Crippen molar-refractivity contribution < 1.29 is 14.3 Å². The number of aryl methyl sites for hydroxylation is 1. The Labute approximate surface area is 105 Å². The van der Waals surface area contributed by atoms with E-state index in [-0.39, 0.29) is 23.4 Å². The van der Waals surface area contributed by atoms with Gasteiger partial charge in [-0.2, -0.15) is 0 Å². The number of hydrogen-bond donors (Lipinski definition) is 1. The van der Waals surface area contributed by atoms with Crippen LogP contribution in [0, 0.1) is 6.92 Å². The van der Waals surface area contributed by atoms with Crippen LogP contribution in [0.2, 0.25) is 0 Å². The summed E-state index contributed by atoms with van der Waals surface area (Å²) in [5.41, 5.74) is -0.401. The molecule has 1 N–H and O–H groups in total. The third-order valence-electron chi connectivity index (χ3n) is 3.76. The number of fused-ring (bicyclic) bond motifs is 1. The quantitative estimate of drug-likeness (QED) is 0.865. The fraction of sp³-hybridized carbons (Fsp3) is 0.429. The smallest absolute Gasteiger partial charge is 0.198 e. The van der Waals surface area contributed by atoms with E-state index in [0.717, 1.165) is 0 Å². The van der Waals surface area contributed by atoms with Crippen molar-refractivity contribution in [2.75, 3.05) is 0 Å². The maximum Gasteiger partial charge on any atom is 0.198 e. The molecule has 96 valence electrons. The molecule has 0 spiro atoms. The molecule has 0 amide bonds. The lowest BCUT2D eigenvalue weighted by Gasteiger charge is -2.28. The number of aliphatic hydroxyl groups is 1. The Morgan fingerprint density at radius 1 is 1.33 bits per heavy atom. The van der Waals surface area contributed by atoms with Crippen LogP contribution >= 0.6 is 0 Å². The number of aliphatic hydroxyl groups excluding tert-OH is 1. The van der Waals surface area contributed by atoms with E-state index in [2.05, 4.69) is 0 Å². The van der Waals surface area contributed by atoms with E-state index < -0.39 is 5.41 Å². The highest BCUT2D eigenvalue weighted by atomic mass is 16.3. The second-order valence-corrected chi connectivity index (χ2v) is 4.75. The molecule has 1 aliphatic rings. The van der Waals surface area contributed by atoms with Crippen LogP contribution in [0.5, 0.6) is 0 Å². The predicted octanol–water partition coefficient (Wildman–Crippen LogP) is 1.70. The predicted molar refractivity (Wildman–Crippen MR) is 67.3 cm³/mol. The van der Waals surface area contributed by atoms with Gasteiger partial charge in [0.2, 0.25) is 0 Å². The van der Waals surface area contributed by atoms with Gasteiger partial charge >= 0.3 is 0 Å². The molecule has 0 aliphatic heterocycles. The Balaban J connectivity index is 2.82. The van der Waals surface area contributed by atoms with Crippen LogP contribution in [0.25, 0.3) is 6.08 Å². The van der Waals surface area contributed by atoms with Crippen molar-refractivity contribution in [2.45, 2.75) is 39.2 Å². The van der Waals surface area contributed by atoms with E-state index in [4.69, 9.17) is 4.42 Å². The summed E-state index contributed by atoms with van der Waals surface area (Å²) in [6.07, 6.45) is 3.46. The van der Waals surface area contributed by atoms with Crippen LogP contribution in [0.1, 0.15) is 42.9 Å². The summed E-state index contributed by atoms with van der Waals surface area (Å²) in [5.74, 6) is 0.734.